The zero-order chi connectivity index (χ0) is 15.1. The molecule has 0 spiro atoms. The van der Waals surface area contributed by atoms with Gasteiger partial charge in [-0.05, 0) is 39.3 Å². The van der Waals surface area contributed by atoms with Crippen LogP contribution in [0.15, 0.2) is 0 Å². The summed E-state index contributed by atoms with van der Waals surface area (Å²) in [6.07, 6.45) is 3.85. The van der Waals surface area contributed by atoms with Gasteiger partial charge in [0, 0.05) is 26.2 Å². The Morgan fingerprint density at radius 1 is 1.30 bits per heavy atom. The summed E-state index contributed by atoms with van der Waals surface area (Å²) in [5.74, 6) is 1.40. The van der Waals surface area contributed by atoms with Crippen molar-refractivity contribution in [3.05, 3.63) is 5.69 Å². The van der Waals surface area contributed by atoms with Crippen LogP contribution in [-0.2, 0) is 7.05 Å². The largest absolute Gasteiger partial charge is 0.394 e. The maximum atomic E-state index is 6.32. The third-order valence-electron chi connectivity index (χ3n) is 4.75. The van der Waals surface area contributed by atoms with Crippen molar-refractivity contribution >= 4 is 11.5 Å². The number of aromatic nitrogens is 2. The molecule has 0 unspecified atom stereocenters. The molecule has 1 aromatic rings. The number of hydrogen-bond acceptors (Lipinski definition) is 4. The molecule has 1 aliphatic rings. The second-order valence-corrected chi connectivity index (χ2v) is 6.73. The van der Waals surface area contributed by atoms with Crippen LogP contribution in [0.25, 0.3) is 0 Å². The fraction of sp³-hybridized carbons (Fsp3) is 0.800. The zero-order valence-electron chi connectivity index (χ0n) is 13.8. The van der Waals surface area contributed by atoms with Crippen molar-refractivity contribution in [1.29, 1.82) is 0 Å². The first kappa shape index (κ1) is 15.2. The van der Waals surface area contributed by atoms with E-state index in [0.29, 0.717) is 11.5 Å². The van der Waals surface area contributed by atoms with Crippen LogP contribution >= 0.6 is 0 Å². The molecule has 0 atom stereocenters. The Kier molecular flexibility index (Phi) is 4.00. The van der Waals surface area contributed by atoms with Gasteiger partial charge in [0.25, 0.3) is 0 Å². The first-order valence-corrected chi connectivity index (χ1v) is 7.49. The smallest absolute Gasteiger partial charge is 0.150 e. The molecule has 1 heterocycles. The van der Waals surface area contributed by atoms with Gasteiger partial charge >= 0.3 is 0 Å². The maximum Gasteiger partial charge on any atom is 0.150 e. The van der Waals surface area contributed by atoms with E-state index in [1.54, 1.807) is 0 Å². The summed E-state index contributed by atoms with van der Waals surface area (Å²) in [6, 6.07) is 0. The molecule has 0 aromatic carbocycles. The standard InChI is InChI=1S/C15H29N5/c1-11(2)13-12(16)14(20(6)17-13)19(5)10-15(18(3)4)8-7-9-15/h11H,7-10,16H2,1-6H3. The Bertz CT molecular complexity index is 471. The topological polar surface area (TPSA) is 50.3 Å². The molecule has 1 aromatic heterocycles. The van der Waals surface area contributed by atoms with E-state index in [4.69, 9.17) is 5.73 Å². The summed E-state index contributed by atoms with van der Waals surface area (Å²) in [6.45, 7) is 5.27. The van der Waals surface area contributed by atoms with Crippen LogP contribution in [0.4, 0.5) is 11.5 Å². The number of nitrogens with two attached hydrogens (primary N) is 1. The van der Waals surface area contributed by atoms with Gasteiger partial charge in [0.05, 0.1) is 11.4 Å². The minimum atomic E-state index is 0.295. The summed E-state index contributed by atoms with van der Waals surface area (Å²) >= 11 is 0. The normalized spacial score (nSPS) is 17.6. The van der Waals surface area contributed by atoms with Crippen molar-refractivity contribution in [2.24, 2.45) is 7.05 Å². The lowest BCUT2D eigenvalue weighted by Gasteiger charge is -2.49. The van der Waals surface area contributed by atoms with Crippen LogP contribution in [0.2, 0.25) is 0 Å². The highest BCUT2D eigenvalue weighted by molar-refractivity contribution is 5.67. The van der Waals surface area contributed by atoms with Gasteiger partial charge in [-0.2, -0.15) is 5.10 Å². The van der Waals surface area contributed by atoms with E-state index in [1.807, 2.05) is 11.7 Å². The Morgan fingerprint density at radius 3 is 2.25 bits per heavy atom. The minimum Gasteiger partial charge on any atom is -0.394 e. The van der Waals surface area contributed by atoms with E-state index in [9.17, 15) is 0 Å². The van der Waals surface area contributed by atoms with Crippen LogP contribution < -0.4 is 10.6 Å². The first-order valence-electron chi connectivity index (χ1n) is 7.49. The molecule has 0 saturated heterocycles. The van der Waals surface area contributed by atoms with Crippen molar-refractivity contribution in [1.82, 2.24) is 14.7 Å². The summed E-state index contributed by atoms with van der Waals surface area (Å²) < 4.78 is 1.92. The molecule has 0 amide bonds. The number of hydrogen-bond donors (Lipinski definition) is 1. The maximum absolute atomic E-state index is 6.32. The van der Waals surface area contributed by atoms with Gasteiger partial charge in [-0.3, -0.25) is 4.68 Å². The van der Waals surface area contributed by atoms with Gasteiger partial charge in [-0.15, -0.1) is 0 Å². The van der Waals surface area contributed by atoms with Crippen LogP contribution in [0, 0.1) is 0 Å². The van der Waals surface area contributed by atoms with Crippen molar-refractivity contribution < 1.29 is 0 Å². The molecule has 20 heavy (non-hydrogen) atoms. The molecule has 2 N–H and O–H groups in total. The number of nitrogen functional groups attached to an aromatic ring is 1. The molecule has 1 saturated carbocycles. The lowest BCUT2D eigenvalue weighted by molar-refractivity contribution is 0.0681. The summed E-state index contributed by atoms with van der Waals surface area (Å²) in [5, 5.41) is 4.59. The highest BCUT2D eigenvalue weighted by Gasteiger charge is 2.40. The van der Waals surface area contributed by atoms with Crippen LogP contribution in [0.5, 0.6) is 0 Å². The van der Waals surface area contributed by atoms with E-state index in [-0.39, 0.29) is 0 Å². The molecular weight excluding hydrogens is 250 g/mol. The lowest BCUT2D eigenvalue weighted by atomic mass is 9.75. The Hall–Kier alpha value is -1.23. The van der Waals surface area contributed by atoms with Gasteiger partial charge in [-0.25, -0.2) is 0 Å². The molecule has 1 aliphatic carbocycles. The summed E-state index contributed by atoms with van der Waals surface area (Å²) in [5.41, 5.74) is 8.45. The fourth-order valence-corrected chi connectivity index (χ4v) is 3.28. The third kappa shape index (κ3) is 2.39. The van der Waals surface area contributed by atoms with Gasteiger partial charge in [-0.1, -0.05) is 13.8 Å². The molecule has 1 fully saturated rings. The molecule has 114 valence electrons. The summed E-state index contributed by atoms with van der Waals surface area (Å²) in [4.78, 5) is 4.64. The molecule has 0 bridgehead atoms. The van der Waals surface area contributed by atoms with Crippen LogP contribution in [0.3, 0.4) is 0 Å². The average molecular weight is 279 g/mol. The number of anilines is 2. The van der Waals surface area contributed by atoms with E-state index in [0.717, 1.165) is 23.7 Å². The van der Waals surface area contributed by atoms with E-state index >= 15 is 0 Å². The average Bonchev–Trinajstić information content (AvgIpc) is 2.59. The molecule has 0 radical (unpaired) electrons. The third-order valence-corrected chi connectivity index (χ3v) is 4.75. The quantitative estimate of drug-likeness (QED) is 0.896. The van der Waals surface area contributed by atoms with Gasteiger partial charge in [0.2, 0.25) is 0 Å². The van der Waals surface area contributed by atoms with Crippen LogP contribution in [0.1, 0.15) is 44.7 Å². The van der Waals surface area contributed by atoms with Crippen LogP contribution in [-0.4, -0.2) is 47.9 Å². The van der Waals surface area contributed by atoms with E-state index < -0.39 is 0 Å². The Labute approximate surface area is 122 Å². The van der Waals surface area contributed by atoms with Crippen molar-refractivity contribution in [3.8, 4) is 0 Å². The minimum absolute atomic E-state index is 0.295. The highest BCUT2D eigenvalue weighted by Crippen LogP contribution is 2.39. The second kappa shape index (κ2) is 5.28. The fourth-order valence-electron chi connectivity index (χ4n) is 3.28. The van der Waals surface area contributed by atoms with E-state index in [1.165, 1.54) is 19.3 Å². The second-order valence-electron chi connectivity index (χ2n) is 6.73. The SMILES string of the molecule is CC(C)c1nn(C)c(N(C)CC2(N(C)C)CCC2)c1N. The molecular formula is C15H29N5. The predicted molar refractivity (Wildman–Crippen MR) is 85.2 cm³/mol. The number of likely N-dealkylation sites (N-methyl/N-ethyl adjacent to an activating group) is 2. The lowest BCUT2D eigenvalue weighted by Crippen LogP contribution is -2.57. The van der Waals surface area contributed by atoms with Gasteiger partial charge in [0.15, 0.2) is 0 Å². The first-order chi connectivity index (χ1) is 9.28. The monoisotopic (exact) mass is 279 g/mol. The Balaban J connectivity index is 2.23. The van der Waals surface area contributed by atoms with Gasteiger partial charge < -0.3 is 15.5 Å². The number of aryl methyl sites for hydroxylation is 1. The molecule has 2 rings (SSSR count). The molecule has 0 aliphatic heterocycles. The molecule has 5 nitrogen and oxygen atoms in total. The van der Waals surface area contributed by atoms with E-state index in [2.05, 4.69) is 49.9 Å². The highest BCUT2D eigenvalue weighted by atomic mass is 15.4. The van der Waals surface area contributed by atoms with Gasteiger partial charge in [0.1, 0.15) is 5.82 Å². The zero-order valence-corrected chi connectivity index (χ0v) is 13.8. The number of nitrogens with zero attached hydrogens (tertiary/aromatic N) is 4. The molecule has 5 heteroatoms. The number of rotatable bonds is 5. The van der Waals surface area contributed by atoms with Crippen molar-refractivity contribution in [2.45, 2.75) is 44.6 Å². The van der Waals surface area contributed by atoms with Crippen molar-refractivity contribution in [3.63, 3.8) is 0 Å². The summed E-state index contributed by atoms with van der Waals surface area (Å²) in [7, 11) is 8.47. The predicted octanol–water partition coefficient (Wildman–Crippen LogP) is 2.05. The van der Waals surface area contributed by atoms with Crippen molar-refractivity contribution in [2.75, 3.05) is 38.3 Å². The Morgan fingerprint density at radius 2 is 1.90 bits per heavy atom.